The van der Waals surface area contributed by atoms with Crippen molar-refractivity contribution in [1.29, 1.82) is 0 Å². The summed E-state index contributed by atoms with van der Waals surface area (Å²) >= 11 is 0. The fraction of sp³-hybridized carbons (Fsp3) is 0.559. The van der Waals surface area contributed by atoms with E-state index in [4.69, 9.17) is 15.0 Å². The second-order valence-electron chi connectivity index (χ2n) is 12.6. The molecule has 1 aromatic heterocycles. The zero-order chi connectivity index (χ0) is 29.1. The summed E-state index contributed by atoms with van der Waals surface area (Å²) in [4.78, 5) is 14.3. The lowest BCUT2D eigenvalue weighted by atomic mass is 10.0. The van der Waals surface area contributed by atoms with Crippen molar-refractivity contribution >= 4 is 17.3 Å². The number of hydrogen-bond donors (Lipinski definition) is 3. The molecule has 0 saturated heterocycles. The van der Waals surface area contributed by atoms with Crippen LogP contribution in [-0.2, 0) is 12.8 Å². The molecule has 2 unspecified atom stereocenters. The van der Waals surface area contributed by atoms with Crippen LogP contribution in [0, 0.1) is 11.8 Å². The van der Waals surface area contributed by atoms with Gasteiger partial charge in [-0.15, -0.1) is 0 Å². The summed E-state index contributed by atoms with van der Waals surface area (Å²) < 4.78 is 0. The first-order valence-corrected chi connectivity index (χ1v) is 15.3. The Morgan fingerprint density at radius 1 is 0.500 bits per heavy atom. The van der Waals surface area contributed by atoms with Gasteiger partial charge in [0.15, 0.2) is 0 Å². The summed E-state index contributed by atoms with van der Waals surface area (Å²) in [5, 5.41) is 10.6. The van der Waals surface area contributed by atoms with Crippen molar-refractivity contribution in [1.82, 2.24) is 15.0 Å². The molecule has 3 N–H and O–H groups in total. The highest BCUT2D eigenvalue weighted by molar-refractivity contribution is 5.47. The van der Waals surface area contributed by atoms with Crippen LogP contribution in [0.2, 0.25) is 0 Å². The molecule has 0 spiro atoms. The molecule has 218 valence electrons. The third-order valence-corrected chi connectivity index (χ3v) is 6.96. The lowest BCUT2D eigenvalue weighted by Gasteiger charge is -2.17. The van der Waals surface area contributed by atoms with E-state index in [1.807, 2.05) is 0 Å². The molecule has 2 aromatic carbocycles. The number of nitrogens with one attached hydrogen (secondary N) is 3. The Bertz CT molecular complexity index is 1050. The van der Waals surface area contributed by atoms with Gasteiger partial charge in [0, 0.05) is 42.3 Å². The Labute approximate surface area is 243 Å². The van der Waals surface area contributed by atoms with Crippen molar-refractivity contribution < 1.29 is 0 Å². The number of aromatic nitrogens is 3. The van der Waals surface area contributed by atoms with Gasteiger partial charge >= 0.3 is 0 Å². The van der Waals surface area contributed by atoms with Crippen molar-refractivity contribution in [2.24, 2.45) is 11.8 Å². The quantitative estimate of drug-likeness (QED) is 0.168. The first-order valence-electron chi connectivity index (χ1n) is 15.3. The molecule has 0 fully saturated rings. The number of nitrogens with zero attached hydrogens (tertiary/aromatic N) is 3. The van der Waals surface area contributed by atoms with E-state index in [0.717, 1.165) is 34.9 Å². The lowest BCUT2D eigenvalue weighted by Crippen LogP contribution is -2.16. The molecular formula is C34H52N6. The normalized spacial score (nSPS) is 13.1. The molecule has 1 heterocycles. The van der Waals surface area contributed by atoms with Gasteiger partial charge in [-0.25, -0.2) is 4.98 Å². The highest BCUT2D eigenvalue weighted by Crippen LogP contribution is 2.19. The van der Waals surface area contributed by atoms with Gasteiger partial charge in [0.1, 0.15) is 11.6 Å². The summed E-state index contributed by atoms with van der Waals surface area (Å²) in [7, 11) is 0. The SMILES string of the molecule is CC(C)CCC(C)Nc1ccc(Cc2nc(Cc3ccc(NC(C)CCC(C)C)cc3)nc(NC(C)C)n2)cc1. The lowest BCUT2D eigenvalue weighted by molar-refractivity contribution is 0.527. The molecule has 6 nitrogen and oxygen atoms in total. The summed E-state index contributed by atoms with van der Waals surface area (Å²) in [6.45, 7) is 17.8. The molecular weight excluding hydrogens is 492 g/mol. The van der Waals surface area contributed by atoms with Crippen molar-refractivity contribution in [3.63, 3.8) is 0 Å². The van der Waals surface area contributed by atoms with Gasteiger partial charge in [-0.05, 0) is 101 Å². The van der Waals surface area contributed by atoms with Crippen LogP contribution >= 0.6 is 0 Å². The Balaban J connectivity index is 1.66. The van der Waals surface area contributed by atoms with Gasteiger partial charge in [-0.3, -0.25) is 0 Å². The van der Waals surface area contributed by atoms with Gasteiger partial charge in [0.2, 0.25) is 5.95 Å². The van der Waals surface area contributed by atoms with Crippen LogP contribution in [-0.4, -0.2) is 33.1 Å². The minimum Gasteiger partial charge on any atom is -0.383 e. The fourth-order valence-electron chi connectivity index (χ4n) is 4.63. The predicted molar refractivity (Wildman–Crippen MR) is 171 cm³/mol. The van der Waals surface area contributed by atoms with E-state index >= 15 is 0 Å². The molecule has 0 aliphatic rings. The largest absolute Gasteiger partial charge is 0.383 e. The van der Waals surface area contributed by atoms with Crippen LogP contribution in [0.1, 0.15) is 104 Å². The number of benzene rings is 2. The van der Waals surface area contributed by atoms with E-state index in [1.54, 1.807) is 0 Å². The third kappa shape index (κ3) is 11.5. The second-order valence-corrected chi connectivity index (χ2v) is 12.6. The van der Waals surface area contributed by atoms with E-state index in [2.05, 4.69) is 120 Å². The van der Waals surface area contributed by atoms with Gasteiger partial charge in [-0.2, -0.15) is 9.97 Å². The molecule has 0 amide bonds. The van der Waals surface area contributed by atoms with E-state index < -0.39 is 0 Å². The fourth-order valence-corrected chi connectivity index (χ4v) is 4.63. The molecule has 0 aliphatic heterocycles. The van der Waals surface area contributed by atoms with E-state index in [0.29, 0.717) is 30.9 Å². The number of hydrogen-bond acceptors (Lipinski definition) is 6. The van der Waals surface area contributed by atoms with Crippen molar-refractivity contribution in [3.8, 4) is 0 Å². The minimum atomic E-state index is 0.245. The average molecular weight is 545 g/mol. The van der Waals surface area contributed by atoms with Gasteiger partial charge < -0.3 is 16.0 Å². The summed E-state index contributed by atoms with van der Waals surface area (Å²) in [6, 6.07) is 18.5. The van der Waals surface area contributed by atoms with Crippen molar-refractivity contribution in [3.05, 3.63) is 71.3 Å². The molecule has 0 radical (unpaired) electrons. The van der Waals surface area contributed by atoms with Crippen LogP contribution < -0.4 is 16.0 Å². The Hall–Kier alpha value is -3.15. The van der Waals surface area contributed by atoms with E-state index in [1.165, 1.54) is 36.8 Å². The first kappa shape index (κ1) is 31.4. The van der Waals surface area contributed by atoms with Crippen LogP contribution in [0.3, 0.4) is 0 Å². The minimum absolute atomic E-state index is 0.245. The van der Waals surface area contributed by atoms with Gasteiger partial charge in [0.25, 0.3) is 0 Å². The van der Waals surface area contributed by atoms with Crippen LogP contribution in [0.4, 0.5) is 17.3 Å². The van der Waals surface area contributed by atoms with E-state index in [9.17, 15) is 0 Å². The summed E-state index contributed by atoms with van der Waals surface area (Å²) in [5.41, 5.74) is 4.70. The third-order valence-electron chi connectivity index (χ3n) is 6.96. The zero-order valence-electron chi connectivity index (χ0n) is 26.1. The molecule has 3 rings (SSSR count). The van der Waals surface area contributed by atoms with Crippen LogP contribution in [0.15, 0.2) is 48.5 Å². The molecule has 0 aliphatic carbocycles. The van der Waals surface area contributed by atoms with E-state index in [-0.39, 0.29) is 6.04 Å². The van der Waals surface area contributed by atoms with Crippen molar-refractivity contribution in [2.75, 3.05) is 16.0 Å². The van der Waals surface area contributed by atoms with Gasteiger partial charge in [-0.1, -0.05) is 52.0 Å². The first-order chi connectivity index (χ1) is 19.0. The maximum absolute atomic E-state index is 4.86. The molecule has 0 bridgehead atoms. The molecule has 2 atom stereocenters. The number of anilines is 3. The molecule has 0 saturated carbocycles. The maximum atomic E-state index is 4.86. The smallest absolute Gasteiger partial charge is 0.226 e. The van der Waals surface area contributed by atoms with Gasteiger partial charge in [0.05, 0.1) is 0 Å². The monoisotopic (exact) mass is 544 g/mol. The highest BCUT2D eigenvalue weighted by atomic mass is 15.2. The molecule has 6 heteroatoms. The Morgan fingerprint density at radius 3 is 1.25 bits per heavy atom. The second kappa shape index (κ2) is 15.6. The standard InChI is InChI=1S/C34H52N6/c1-23(2)9-11-26(7)36-30-17-13-28(14-18-30)21-32-38-33(40-34(39-32)35-25(5)6)22-29-15-19-31(20-16-29)37-27(8)12-10-24(3)4/h13-20,23-27,36-37H,9-12,21-22H2,1-8H3,(H,35,38,39,40). The average Bonchev–Trinajstić information content (AvgIpc) is 2.88. The van der Waals surface area contributed by atoms with Crippen LogP contribution in [0.25, 0.3) is 0 Å². The molecule has 40 heavy (non-hydrogen) atoms. The van der Waals surface area contributed by atoms with Crippen LogP contribution in [0.5, 0.6) is 0 Å². The number of rotatable bonds is 16. The summed E-state index contributed by atoms with van der Waals surface area (Å²) in [6.07, 6.45) is 6.16. The highest BCUT2D eigenvalue weighted by Gasteiger charge is 2.11. The Morgan fingerprint density at radius 2 is 0.900 bits per heavy atom. The zero-order valence-corrected chi connectivity index (χ0v) is 26.1. The topological polar surface area (TPSA) is 74.8 Å². The summed E-state index contributed by atoms with van der Waals surface area (Å²) in [5.74, 6) is 3.69. The predicted octanol–water partition coefficient (Wildman–Crippen LogP) is 8.35. The maximum Gasteiger partial charge on any atom is 0.226 e. The Kier molecular flexibility index (Phi) is 12.2. The van der Waals surface area contributed by atoms with Crippen molar-refractivity contribution in [2.45, 2.75) is 112 Å². The molecule has 3 aromatic rings.